The molecule has 0 bridgehead atoms. The van der Waals surface area contributed by atoms with Crippen molar-refractivity contribution in [3.63, 3.8) is 0 Å². The molecule has 100 valence electrons. The van der Waals surface area contributed by atoms with Crippen LogP contribution in [-0.2, 0) is 4.74 Å². The average Bonchev–Trinajstić information content (AvgIpc) is 2.77. The topological polar surface area (TPSA) is 41.5 Å². The van der Waals surface area contributed by atoms with E-state index in [-0.39, 0.29) is 6.04 Å². The summed E-state index contributed by atoms with van der Waals surface area (Å²) in [7, 11) is 0. The van der Waals surface area contributed by atoms with Crippen LogP contribution in [0.4, 0.5) is 0 Å². The Morgan fingerprint density at radius 2 is 2.39 bits per heavy atom. The maximum absolute atomic E-state index is 10.2. The highest BCUT2D eigenvalue weighted by atomic mass is 35.5. The van der Waals surface area contributed by atoms with Gasteiger partial charge in [0, 0.05) is 30.6 Å². The molecule has 0 saturated carbocycles. The lowest BCUT2D eigenvalue weighted by Crippen LogP contribution is -2.42. The third kappa shape index (κ3) is 3.45. The molecular formula is C14H20ClNO2. The van der Waals surface area contributed by atoms with Crippen LogP contribution in [0.15, 0.2) is 24.3 Å². The molecule has 0 aliphatic carbocycles. The van der Waals surface area contributed by atoms with E-state index in [4.69, 9.17) is 16.3 Å². The first-order valence-electron chi connectivity index (χ1n) is 6.42. The minimum Gasteiger partial charge on any atom is -0.386 e. The maximum Gasteiger partial charge on any atom is 0.103 e. The van der Waals surface area contributed by atoms with Crippen LogP contribution >= 0.6 is 11.6 Å². The largest absolute Gasteiger partial charge is 0.386 e. The second kappa shape index (κ2) is 6.02. The van der Waals surface area contributed by atoms with Crippen LogP contribution in [0.1, 0.15) is 31.4 Å². The van der Waals surface area contributed by atoms with Gasteiger partial charge >= 0.3 is 0 Å². The monoisotopic (exact) mass is 269 g/mol. The first kappa shape index (κ1) is 13.8. The molecule has 1 aliphatic heterocycles. The van der Waals surface area contributed by atoms with Crippen molar-refractivity contribution in [3.8, 4) is 0 Å². The van der Waals surface area contributed by atoms with Crippen LogP contribution in [0, 0.1) is 0 Å². The summed E-state index contributed by atoms with van der Waals surface area (Å²) in [6.45, 7) is 3.74. The normalized spacial score (nSPS) is 25.3. The van der Waals surface area contributed by atoms with Crippen molar-refractivity contribution in [1.29, 1.82) is 0 Å². The van der Waals surface area contributed by atoms with E-state index >= 15 is 0 Å². The minimum absolute atomic E-state index is 0.216. The van der Waals surface area contributed by atoms with Gasteiger partial charge in [0.2, 0.25) is 0 Å². The third-order valence-electron chi connectivity index (χ3n) is 3.42. The van der Waals surface area contributed by atoms with E-state index in [0.29, 0.717) is 26.2 Å². The lowest BCUT2D eigenvalue weighted by Gasteiger charge is -2.25. The van der Waals surface area contributed by atoms with Crippen LogP contribution in [0.5, 0.6) is 0 Å². The quantitative estimate of drug-likeness (QED) is 0.863. The molecule has 4 heteroatoms. The van der Waals surface area contributed by atoms with Crippen molar-refractivity contribution in [2.24, 2.45) is 0 Å². The summed E-state index contributed by atoms with van der Waals surface area (Å²) < 4.78 is 5.24. The lowest BCUT2D eigenvalue weighted by molar-refractivity contribution is 0.0246. The molecule has 0 amide bonds. The Bertz CT molecular complexity index is 391. The molecule has 2 unspecified atom stereocenters. The molecule has 1 fully saturated rings. The van der Waals surface area contributed by atoms with E-state index < -0.39 is 5.60 Å². The average molecular weight is 270 g/mol. The van der Waals surface area contributed by atoms with Gasteiger partial charge in [-0.3, -0.25) is 0 Å². The number of rotatable bonds is 5. The summed E-state index contributed by atoms with van der Waals surface area (Å²) in [5, 5.41) is 14.4. The Kier molecular flexibility index (Phi) is 4.62. The van der Waals surface area contributed by atoms with Crippen LogP contribution in [0.2, 0.25) is 5.02 Å². The molecule has 3 nitrogen and oxygen atoms in total. The molecule has 1 saturated heterocycles. The molecular weight excluding hydrogens is 250 g/mol. The van der Waals surface area contributed by atoms with E-state index in [1.54, 1.807) is 0 Å². The Balaban J connectivity index is 1.97. The van der Waals surface area contributed by atoms with Gasteiger partial charge < -0.3 is 15.2 Å². The van der Waals surface area contributed by atoms with Gasteiger partial charge in [-0.15, -0.1) is 0 Å². The van der Waals surface area contributed by atoms with Crippen molar-refractivity contribution in [2.45, 2.75) is 31.4 Å². The zero-order valence-corrected chi connectivity index (χ0v) is 11.4. The van der Waals surface area contributed by atoms with Crippen LogP contribution in [0.25, 0.3) is 0 Å². The molecule has 1 aromatic rings. The van der Waals surface area contributed by atoms with E-state index in [2.05, 4.69) is 18.3 Å². The molecule has 18 heavy (non-hydrogen) atoms. The zero-order chi connectivity index (χ0) is 13.0. The second-order valence-corrected chi connectivity index (χ2v) is 5.36. The van der Waals surface area contributed by atoms with Crippen molar-refractivity contribution in [1.82, 2.24) is 5.32 Å². The zero-order valence-electron chi connectivity index (χ0n) is 10.7. The van der Waals surface area contributed by atoms with Gasteiger partial charge in [0.25, 0.3) is 0 Å². The molecule has 2 atom stereocenters. The predicted octanol–water partition coefficient (Wildman–Crippen LogP) is 2.53. The molecule has 0 spiro atoms. The summed E-state index contributed by atoms with van der Waals surface area (Å²) in [6, 6.07) is 8.07. The van der Waals surface area contributed by atoms with E-state index in [1.807, 2.05) is 18.2 Å². The highest BCUT2D eigenvalue weighted by Crippen LogP contribution is 2.23. The van der Waals surface area contributed by atoms with E-state index in [0.717, 1.165) is 17.0 Å². The minimum atomic E-state index is -0.716. The van der Waals surface area contributed by atoms with Gasteiger partial charge in [-0.25, -0.2) is 0 Å². The fourth-order valence-electron chi connectivity index (χ4n) is 2.27. The standard InChI is InChI=1S/C14H20ClNO2/c1-2-13(11-4-3-5-12(15)8-11)16-9-14(17)6-7-18-10-14/h3-5,8,13,16-17H,2,6-7,9-10H2,1H3. The highest BCUT2D eigenvalue weighted by molar-refractivity contribution is 6.30. The molecule has 1 aromatic carbocycles. The first-order chi connectivity index (χ1) is 8.63. The number of halogens is 1. The van der Waals surface area contributed by atoms with E-state index in [1.165, 1.54) is 0 Å². The molecule has 0 aromatic heterocycles. The Morgan fingerprint density at radius 1 is 1.56 bits per heavy atom. The van der Waals surface area contributed by atoms with Gasteiger partial charge in [0.05, 0.1) is 6.61 Å². The summed E-state index contributed by atoms with van der Waals surface area (Å²) in [5.74, 6) is 0. The predicted molar refractivity (Wildman–Crippen MR) is 72.9 cm³/mol. The number of nitrogens with one attached hydrogen (secondary N) is 1. The summed E-state index contributed by atoms with van der Waals surface area (Å²) >= 11 is 6.00. The number of ether oxygens (including phenoxy) is 1. The Labute approximate surface area is 113 Å². The number of aliphatic hydroxyl groups is 1. The van der Waals surface area contributed by atoms with Gasteiger partial charge in [0.15, 0.2) is 0 Å². The molecule has 2 rings (SSSR count). The van der Waals surface area contributed by atoms with Crippen molar-refractivity contribution >= 4 is 11.6 Å². The Morgan fingerprint density at radius 3 is 3.00 bits per heavy atom. The number of hydrogen-bond acceptors (Lipinski definition) is 3. The molecule has 2 N–H and O–H groups in total. The van der Waals surface area contributed by atoms with Gasteiger partial charge in [-0.2, -0.15) is 0 Å². The smallest absolute Gasteiger partial charge is 0.103 e. The Hall–Kier alpha value is -0.610. The van der Waals surface area contributed by atoms with Crippen LogP contribution < -0.4 is 5.32 Å². The fraction of sp³-hybridized carbons (Fsp3) is 0.571. The fourth-order valence-corrected chi connectivity index (χ4v) is 2.47. The summed E-state index contributed by atoms with van der Waals surface area (Å²) in [4.78, 5) is 0. The maximum atomic E-state index is 10.2. The number of hydrogen-bond donors (Lipinski definition) is 2. The van der Waals surface area contributed by atoms with Crippen LogP contribution in [-0.4, -0.2) is 30.5 Å². The summed E-state index contributed by atoms with van der Waals surface area (Å²) in [5.41, 5.74) is 0.443. The van der Waals surface area contributed by atoms with Gasteiger partial charge in [-0.05, 0) is 24.1 Å². The van der Waals surface area contributed by atoms with Crippen molar-refractivity contribution in [3.05, 3.63) is 34.9 Å². The highest BCUT2D eigenvalue weighted by Gasteiger charge is 2.32. The lowest BCUT2D eigenvalue weighted by atomic mass is 10.0. The number of benzene rings is 1. The van der Waals surface area contributed by atoms with E-state index in [9.17, 15) is 5.11 Å². The van der Waals surface area contributed by atoms with Crippen molar-refractivity contribution in [2.75, 3.05) is 19.8 Å². The molecule has 1 heterocycles. The van der Waals surface area contributed by atoms with Gasteiger partial charge in [-0.1, -0.05) is 30.7 Å². The van der Waals surface area contributed by atoms with Gasteiger partial charge in [0.1, 0.15) is 5.60 Å². The second-order valence-electron chi connectivity index (χ2n) is 4.92. The van der Waals surface area contributed by atoms with Crippen LogP contribution in [0.3, 0.4) is 0 Å². The van der Waals surface area contributed by atoms with Crippen molar-refractivity contribution < 1.29 is 9.84 Å². The third-order valence-corrected chi connectivity index (χ3v) is 3.65. The molecule has 0 radical (unpaired) electrons. The SMILES string of the molecule is CCC(NCC1(O)CCOC1)c1cccc(Cl)c1. The first-order valence-corrected chi connectivity index (χ1v) is 6.80. The molecule has 1 aliphatic rings. The summed E-state index contributed by atoms with van der Waals surface area (Å²) in [6.07, 6.45) is 1.66.